The maximum atomic E-state index is 13.4. The summed E-state index contributed by atoms with van der Waals surface area (Å²) in [6.45, 7) is 15.6. The fraction of sp³-hybridized carbons (Fsp3) is 0.903. The van der Waals surface area contributed by atoms with E-state index in [0.717, 1.165) is 44.9 Å². The van der Waals surface area contributed by atoms with Crippen LogP contribution in [0.4, 0.5) is 0 Å². The van der Waals surface area contributed by atoms with Gasteiger partial charge in [-0.1, -0.05) is 53.2 Å². The molecule has 36 heavy (non-hydrogen) atoms. The first kappa shape index (κ1) is 26.7. The fourth-order valence-corrected chi connectivity index (χ4v) is 11.2. The Balaban J connectivity index is 1.65. The first-order valence-electron chi connectivity index (χ1n) is 14.4. The first-order valence-corrected chi connectivity index (χ1v) is 14.4. The van der Waals surface area contributed by atoms with Gasteiger partial charge in [0.15, 0.2) is 0 Å². The molecule has 5 aliphatic rings. The molecule has 0 saturated heterocycles. The Morgan fingerprint density at radius 1 is 0.972 bits per heavy atom. The zero-order chi connectivity index (χ0) is 26.7. The van der Waals surface area contributed by atoms with E-state index in [-0.39, 0.29) is 39.5 Å². The number of carbonyl (C=O) groups excluding carboxylic acids is 1. The molecule has 0 bridgehead atoms. The molecule has 0 amide bonds. The molecule has 0 spiro atoms. The van der Waals surface area contributed by atoms with Gasteiger partial charge < -0.3 is 20.1 Å². The van der Waals surface area contributed by atoms with Gasteiger partial charge in [-0.15, -0.1) is 0 Å². The molecule has 204 valence electrons. The molecule has 0 aromatic carbocycles. The average Bonchev–Trinajstić information content (AvgIpc) is 2.80. The van der Waals surface area contributed by atoms with Gasteiger partial charge in [-0.3, -0.25) is 4.79 Å². The van der Waals surface area contributed by atoms with Crippen LogP contribution in [0.25, 0.3) is 0 Å². The predicted octanol–water partition coefficient (Wildman–Crippen LogP) is 5.26. The fourth-order valence-electron chi connectivity index (χ4n) is 11.2. The first-order chi connectivity index (χ1) is 16.5. The topological polar surface area (TPSA) is 87.0 Å². The summed E-state index contributed by atoms with van der Waals surface area (Å²) < 4.78 is 5.43. The van der Waals surface area contributed by atoms with Gasteiger partial charge in [-0.2, -0.15) is 0 Å². The molecule has 5 aliphatic carbocycles. The van der Waals surface area contributed by atoms with E-state index in [1.807, 2.05) is 6.92 Å². The molecule has 4 saturated carbocycles. The van der Waals surface area contributed by atoms with Crippen LogP contribution in [0, 0.1) is 50.7 Å². The van der Waals surface area contributed by atoms with Crippen LogP contribution in [-0.2, 0) is 9.53 Å². The molecular formula is C31H50O5. The summed E-state index contributed by atoms with van der Waals surface area (Å²) in [6, 6.07) is 0. The predicted molar refractivity (Wildman–Crippen MR) is 140 cm³/mol. The second kappa shape index (κ2) is 7.82. The molecule has 3 N–H and O–H groups in total. The molecule has 0 unspecified atom stereocenters. The van der Waals surface area contributed by atoms with E-state index in [1.165, 1.54) is 12.7 Å². The van der Waals surface area contributed by atoms with Crippen LogP contribution in [-0.4, -0.2) is 46.2 Å². The number of aliphatic hydroxyl groups is 3. The lowest BCUT2D eigenvalue weighted by atomic mass is 9.33. The lowest BCUT2D eigenvalue weighted by Gasteiger charge is -2.72. The van der Waals surface area contributed by atoms with Gasteiger partial charge in [0, 0.05) is 5.92 Å². The highest BCUT2D eigenvalue weighted by atomic mass is 16.5. The number of allylic oxidation sites excluding steroid dienone is 1. The Morgan fingerprint density at radius 3 is 2.28 bits per heavy atom. The number of aliphatic hydroxyl groups excluding tert-OH is 2. The quantitative estimate of drug-likeness (QED) is 0.336. The molecule has 4 fully saturated rings. The van der Waals surface area contributed by atoms with Crippen LogP contribution in [0.15, 0.2) is 11.6 Å². The summed E-state index contributed by atoms with van der Waals surface area (Å²) >= 11 is 0. The molecule has 0 radical (unpaired) electrons. The van der Waals surface area contributed by atoms with Crippen molar-refractivity contribution in [1.29, 1.82) is 0 Å². The van der Waals surface area contributed by atoms with Crippen LogP contribution >= 0.6 is 0 Å². The van der Waals surface area contributed by atoms with Crippen LogP contribution in [0.1, 0.15) is 99.8 Å². The van der Waals surface area contributed by atoms with E-state index >= 15 is 0 Å². The minimum absolute atomic E-state index is 0.0144. The Labute approximate surface area is 218 Å². The molecule has 0 aliphatic heterocycles. The number of rotatable bonds is 1. The van der Waals surface area contributed by atoms with Gasteiger partial charge in [0.25, 0.3) is 0 Å². The minimum Gasteiger partial charge on any atom is -0.469 e. The number of ether oxygens (including phenoxy) is 1. The summed E-state index contributed by atoms with van der Waals surface area (Å²) in [5, 5.41) is 34.0. The van der Waals surface area contributed by atoms with Crippen molar-refractivity contribution < 1.29 is 24.9 Å². The van der Waals surface area contributed by atoms with E-state index < -0.39 is 23.2 Å². The van der Waals surface area contributed by atoms with Gasteiger partial charge >= 0.3 is 5.97 Å². The van der Waals surface area contributed by atoms with E-state index in [2.05, 4.69) is 47.6 Å². The van der Waals surface area contributed by atoms with Crippen molar-refractivity contribution in [1.82, 2.24) is 0 Å². The van der Waals surface area contributed by atoms with E-state index in [9.17, 15) is 20.1 Å². The third-order valence-electron chi connectivity index (χ3n) is 13.6. The molecular weight excluding hydrogens is 452 g/mol. The molecule has 0 heterocycles. The molecule has 5 nitrogen and oxygen atoms in total. The van der Waals surface area contributed by atoms with E-state index in [4.69, 9.17) is 4.74 Å². The smallest absolute Gasteiger partial charge is 0.312 e. The van der Waals surface area contributed by atoms with Gasteiger partial charge in [-0.05, 0) is 97.7 Å². The van der Waals surface area contributed by atoms with Gasteiger partial charge in [0.1, 0.15) is 0 Å². The molecule has 5 rings (SSSR count). The average molecular weight is 503 g/mol. The van der Waals surface area contributed by atoms with E-state index in [0.29, 0.717) is 18.3 Å². The second-order valence-electron chi connectivity index (χ2n) is 15.1. The molecule has 0 aromatic rings. The Bertz CT molecular complexity index is 968. The highest BCUT2D eigenvalue weighted by Gasteiger charge is 2.72. The Morgan fingerprint density at radius 2 is 1.64 bits per heavy atom. The summed E-state index contributed by atoms with van der Waals surface area (Å²) in [6.07, 6.45) is 7.88. The van der Waals surface area contributed by atoms with Crippen LogP contribution < -0.4 is 0 Å². The van der Waals surface area contributed by atoms with Gasteiger partial charge in [0.2, 0.25) is 0 Å². The SMILES string of the molecule is COC(=O)[C@]12CC[C@@H](C)[C@@](C)(O)[C@H]1C1=CC[C@H]3[C@@]4(C)C[C@H](O)[C@@H](O)C(C)(C)[C@@H]4CC[C@@]3(C)[C@]1(C)CC2. The number of hydrogen-bond acceptors (Lipinski definition) is 5. The van der Waals surface area contributed by atoms with Crippen LogP contribution in [0.3, 0.4) is 0 Å². The largest absolute Gasteiger partial charge is 0.469 e. The molecule has 0 aromatic heterocycles. The normalized spacial score (nSPS) is 55.8. The van der Waals surface area contributed by atoms with Crippen molar-refractivity contribution in [2.45, 2.75) is 118 Å². The minimum atomic E-state index is -0.975. The number of carbonyl (C=O) groups is 1. The van der Waals surface area contributed by atoms with Crippen molar-refractivity contribution in [3.05, 3.63) is 11.6 Å². The highest BCUT2D eigenvalue weighted by molar-refractivity contribution is 5.79. The van der Waals surface area contributed by atoms with Gasteiger partial charge in [-0.25, -0.2) is 0 Å². The summed E-state index contributed by atoms with van der Waals surface area (Å²) in [7, 11) is 1.49. The third kappa shape index (κ3) is 2.97. The summed E-state index contributed by atoms with van der Waals surface area (Å²) in [5.74, 6) is 0.430. The van der Waals surface area contributed by atoms with Crippen molar-refractivity contribution in [3.63, 3.8) is 0 Å². The monoisotopic (exact) mass is 502 g/mol. The zero-order valence-corrected chi connectivity index (χ0v) is 23.9. The van der Waals surface area contributed by atoms with Crippen LogP contribution in [0.2, 0.25) is 0 Å². The standard InChI is InChI=1S/C31H50O5/c1-18-11-14-31(25(34)36-8)16-15-28(5)19(23(31)30(18,7)35)9-10-22-27(4)17-20(32)24(33)26(2,3)21(27)12-13-29(22,28)6/h9,18,20-24,32-33,35H,10-17H2,1-8H3/t18-,20+,21+,22+,23-,24-,27+,28-,29-,30-,31+/m1/s1. The highest BCUT2D eigenvalue weighted by Crippen LogP contribution is 2.76. The summed E-state index contributed by atoms with van der Waals surface area (Å²) in [4.78, 5) is 13.4. The number of methoxy groups -OCH3 is 1. The van der Waals surface area contributed by atoms with Crippen molar-refractivity contribution in [3.8, 4) is 0 Å². The Kier molecular flexibility index (Phi) is 5.80. The lowest BCUT2D eigenvalue weighted by molar-refractivity contribution is -0.237. The zero-order valence-electron chi connectivity index (χ0n) is 23.9. The van der Waals surface area contributed by atoms with Crippen molar-refractivity contribution in [2.24, 2.45) is 50.7 Å². The van der Waals surface area contributed by atoms with Crippen molar-refractivity contribution in [2.75, 3.05) is 7.11 Å². The Hall–Kier alpha value is -0.910. The lowest BCUT2D eigenvalue weighted by Crippen LogP contribution is -2.68. The number of fused-ring (bicyclic) bond motifs is 7. The summed E-state index contributed by atoms with van der Waals surface area (Å²) in [5.41, 5.74) is -0.928. The van der Waals surface area contributed by atoms with Crippen molar-refractivity contribution >= 4 is 5.97 Å². The van der Waals surface area contributed by atoms with Crippen LogP contribution in [0.5, 0.6) is 0 Å². The molecule has 11 atom stereocenters. The maximum absolute atomic E-state index is 13.4. The second-order valence-corrected chi connectivity index (χ2v) is 15.1. The molecule has 5 heteroatoms. The maximum Gasteiger partial charge on any atom is 0.312 e. The number of esters is 1. The number of hydrogen-bond donors (Lipinski definition) is 3. The van der Waals surface area contributed by atoms with Gasteiger partial charge in [0.05, 0.1) is 30.3 Å². The third-order valence-corrected chi connectivity index (χ3v) is 13.6. The van der Waals surface area contributed by atoms with E-state index in [1.54, 1.807) is 0 Å².